The minimum atomic E-state index is -4.19. The summed E-state index contributed by atoms with van der Waals surface area (Å²) in [4.78, 5) is -0.141. The van der Waals surface area contributed by atoms with Crippen LogP contribution in [0.5, 0.6) is 0 Å². The van der Waals surface area contributed by atoms with Crippen molar-refractivity contribution in [2.24, 2.45) is 0 Å². The molecule has 1 atom stereocenters. The van der Waals surface area contributed by atoms with Gasteiger partial charge in [-0.25, -0.2) is 0 Å². The topological polar surface area (TPSA) is 74.6 Å². The maximum absolute atomic E-state index is 11.0. The minimum absolute atomic E-state index is 0.141. The van der Waals surface area contributed by atoms with E-state index in [2.05, 4.69) is 12.6 Å². The lowest BCUT2D eigenvalue weighted by Gasteiger charge is -2.09. The Labute approximate surface area is 110 Å². The van der Waals surface area contributed by atoms with Gasteiger partial charge in [-0.2, -0.15) is 21.0 Å². The largest absolute Gasteiger partial charge is 0.388 e. The fraction of sp³-hybridized carbons (Fsp3) is 0.167. The number of hydrogen-bond donors (Lipinski definition) is 3. The molecule has 0 spiro atoms. The minimum Gasteiger partial charge on any atom is -0.388 e. The van der Waals surface area contributed by atoms with Crippen LogP contribution in [-0.2, 0) is 10.1 Å². The van der Waals surface area contributed by atoms with Crippen molar-refractivity contribution in [3.63, 3.8) is 0 Å². The van der Waals surface area contributed by atoms with E-state index in [0.717, 1.165) is 10.9 Å². The molecule has 0 aliphatic carbocycles. The average Bonchev–Trinajstić information content (AvgIpc) is 2.35. The Morgan fingerprint density at radius 2 is 1.72 bits per heavy atom. The number of benzene rings is 2. The fourth-order valence-electron chi connectivity index (χ4n) is 1.72. The zero-order valence-corrected chi connectivity index (χ0v) is 11.0. The van der Waals surface area contributed by atoms with Crippen LogP contribution < -0.4 is 0 Å². The van der Waals surface area contributed by atoms with E-state index in [1.165, 1.54) is 12.1 Å². The third-order valence-corrected chi connectivity index (χ3v) is 3.89. The predicted octanol–water partition coefficient (Wildman–Crippen LogP) is 2.05. The van der Waals surface area contributed by atoms with Crippen LogP contribution in [0.25, 0.3) is 10.8 Å². The monoisotopic (exact) mass is 284 g/mol. The van der Waals surface area contributed by atoms with Crippen LogP contribution in [0, 0.1) is 0 Å². The van der Waals surface area contributed by atoms with E-state index in [1.54, 1.807) is 24.3 Å². The summed E-state index contributed by atoms with van der Waals surface area (Å²) in [5, 5.41) is 11.1. The maximum atomic E-state index is 11.0. The third-order valence-electron chi connectivity index (χ3n) is 2.69. The molecule has 2 aromatic carbocycles. The van der Waals surface area contributed by atoms with Gasteiger partial charge in [0.1, 0.15) is 0 Å². The lowest BCUT2D eigenvalue weighted by molar-refractivity contribution is 0.204. The van der Waals surface area contributed by atoms with Crippen LogP contribution in [0.3, 0.4) is 0 Å². The van der Waals surface area contributed by atoms with Gasteiger partial charge in [0.05, 0.1) is 11.0 Å². The van der Waals surface area contributed by atoms with Gasteiger partial charge in [-0.3, -0.25) is 4.55 Å². The molecular weight excluding hydrogens is 272 g/mol. The normalized spacial score (nSPS) is 13.7. The predicted molar refractivity (Wildman–Crippen MR) is 72.6 cm³/mol. The highest BCUT2D eigenvalue weighted by Gasteiger charge is 2.11. The molecule has 0 aliphatic rings. The molecule has 1 unspecified atom stereocenters. The number of hydrogen-bond acceptors (Lipinski definition) is 4. The van der Waals surface area contributed by atoms with Crippen molar-refractivity contribution in [1.29, 1.82) is 0 Å². The van der Waals surface area contributed by atoms with Crippen LogP contribution in [0.4, 0.5) is 0 Å². The van der Waals surface area contributed by atoms with Crippen molar-refractivity contribution in [3.05, 3.63) is 42.0 Å². The Bertz CT molecular complexity index is 680. The van der Waals surface area contributed by atoms with Crippen LogP contribution in [-0.4, -0.2) is 23.8 Å². The van der Waals surface area contributed by atoms with Crippen LogP contribution >= 0.6 is 12.6 Å². The molecule has 18 heavy (non-hydrogen) atoms. The number of aliphatic hydroxyl groups is 1. The first-order valence-corrected chi connectivity index (χ1v) is 7.29. The summed E-state index contributed by atoms with van der Waals surface area (Å²) < 4.78 is 31.0. The average molecular weight is 284 g/mol. The Morgan fingerprint density at radius 1 is 1.11 bits per heavy atom. The first-order valence-electron chi connectivity index (χ1n) is 5.22. The number of aliphatic hydroxyl groups excluding tert-OH is 1. The van der Waals surface area contributed by atoms with E-state index < -0.39 is 16.2 Å². The first-order chi connectivity index (χ1) is 8.41. The van der Waals surface area contributed by atoms with Crippen LogP contribution in [0.15, 0.2) is 41.3 Å². The number of thiol groups is 1. The summed E-state index contributed by atoms with van der Waals surface area (Å²) in [6.07, 6.45) is -0.654. The van der Waals surface area contributed by atoms with Crippen LogP contribution in [0.2, 0.25) is 0 Å². The van der Waals surface area contributed by atoms with E-state index in [4.69, 9.17) is 4.55 Å². The van der Waals surface area contributed by atoms with Gasteiger partial charge < -0.3 is 5.11 Å². The van der Waals surface area contributed by atoms with E-state index >= 15 is 0 Å². The third kappa shape index (κ3) is 2.67. The second-order valence-corrected chi connectivity index (χ2v) is 5.73. The second kappa shape index (κ2) is 4.89. The molecule has 2 rings (SSSR count). The Kier molecular flexibility index (Phi) is 3.63. The van der Waals surface area contributed by atoms with Crippen molar-refractivity contribution in [2.45, 2.75) is 11.0 Å². The zero-order chi connectivity index (χ0) is 13.3. The van der Waals surface area contributed by atoms with Gasteiger partial charge in [-0.05, 0) is 34.5 Å². The lowest BCUT2D eigenvalue weighted by atomic mass is 10.0. The van der Waals surface area contributed by atoms with E-state index in [0.29, 0.717) is 11.1 Å². The van der Waals surface area contributed by atoms with E-state index in [1.807, 2.05) is 0 Å². The van der Waals surface area contributed by atoms with Gasteiger partial charge >= 0.3 is 0 Å². The summed E-state index contributed by atoms with van der Waals surface area (Å²) in [6, 6.07) is 9.48. The maximum Gasteiger partial charge on any atom is 0.294 e. The summed E-state index contributed by atoms with van der Waals surface area (Å²) >= 11 is 4.01. The molecular formula is C12H12O4S2. The molecule has 6 heteroatoms. The summed E-state index contributed by atoms with van der Waals surface area (Å²) in [5.41, 5.74) is 0.720. The number of fused-ring (bicyclic) bond motifs is 1. The molecule has 4 nitrogen and oxygen atoms in total. The van der Waals surface area contributed by atoms with E-state index in [-0.39, 0.29) is 4.90 Å². The van der Waals surface area contributed by atoms with E-state index in [9.17, 15) is 13.5 Å². The SMILES string of the molecule is O=S(=O)(O)c1ccc2cc(C(O)CS)ccc2c1. The summed E-state index contributed by atoms with van der Waals surface area (Å²) in [5.74, 6) is 0.314. The summed E-state index contributed by atoms with van der Waals surface area (Å²) in [7, 11) is -4.19. The zero-order valence-electron chi connectivity index (χ0n) is 9.31. The molecule has 0 amide bonds. The van der Waals surface area contributed by atoms with Crippen molar-refractivity contribution < 1.29 is 18.1 Å². The molecule has 2 aromatic rings. The molecule has 0 heterocycles. The fourth-order valence-corrected chi connectivity index (χ4v) is 2.44. The van der Waals surface area contributed by atoms with Gasteiger partial charge in [0, 0.05) is 5.75 Å². The van der Waals surface area contributed by atoms with Gasteiger partial charge in [0.15, 0.2) is 0 Å². The van der Waals surface area contributed by atoms with Gasteiger partial charge in [0.2, 0.25) is 0 Å². The van der Waals surface area contributed by atoms with Gasteiger partial charge in [-0.1, -0.05) is 18.2 Å². The van der Waals surface area contributed by atoms with Gasteiger partial charge in [0.25, 0.3) is 10.1 Å². The smallest absolute Gasteiger partial charge is 0.294 e. The standard InChI is InChI=1S/C12H12O4S2/c13-12(7-17)10-2-1-9-6-11(18(14,15)16)4-3-8(9)5-10/h1-6,12-13,17H,7H2,(H,14,15,16). The Morgan fingerprint density at radius 3 is 2.33 bits per heavy atom. The molecule has 0 bridgehead atoms. The van der Waals surface area contributed by atoms with Crippen molar-refractivity contribution >= 4 is 33.5 Å². The molecule has 96 valence electrons. The van der Waals surface area contributed by atoms with Crippen LogP contribution in [0.1, 0.15) is 11.7 Å². The van der Waals surface area contributed by atoms with Crippen molar-refractivity contribution in [2.75, 3.05) is 5.75 Å². The highest BCUT2D eigenvalue weighted by molar-refractivity contribution is 7.85. The number of rotatable bonds is 3. The molecule has 2 N–H and O–H groups in total. The molecule has 0 radical (unpaired) electrons. The van der Waals surface area contributed by atoms with Gasteiger partial charge in [-0.15, -0.1) is 0 Å². The molecule has 0 saturated carbocycles. The molecule has 0 saturated heterocycles. The second-order valence-electron chi connectivity index (χ2n) is 3.94. The summed E-state index contributed by atoms with van der Waals surface area (Å²) in [6.45, 7) is 0. The Hall–Kier alpha value is -1.08. The highest BCUT2D eigenvalue weighted by atomic mass is 32.2. The molecule has 0 aliphatic heterocycles. The first kappa shape index (κ1) is 13.4. The highest BCUT2D eigenvalue weighted by Crippen LogP contribution is 2.23. The molecule has 0 aromatic heterocycles. The Balaban J connectivity index is 2.55. The quantitative estimate of drug-likeness (QED) is 0.595. The lowest BCUT2D eigenvalue weighted by Crippen LogP contribution is -1.99. The van der Waals surface area contributed by atoms with Crippen molar-refractivity contribution in [1.82, 2.24) is 0 Å². The van der Waals surface area contributed by atoms with Crippen molar-refractivity contribution in [3.8, 4) is 0 Å². The molecule has 0 fully saturated rings.